The minimum Gasteiger partial charge on any atom is -0.489 e. The van der Waals surface area contributed by atoms with E-state index >= 15 is 0 Å². The summed E-state index contributed by atoms with van der Waals surface area (Å²) in [7, 11) is 0. The molecule has 0 aliphatic heterocycles. The first kappa shape index (κ1) is 21.0. The lowest BCUT2D eigenvalue weighted by Crippen LogP contribution is -2.20. The quantitative estimate of drug-likeness (QED) is 0.230. The molecule has 5 nitrogen and oxygen atoms in total. The topological polar surface area (TPSA) is 66.4 Å². The Bertz CT molecular complexity index is 1060. The van der Waals surface area contributed by atoms with Crippen LogP contribution < -0.4 is 20.1 Å². The van der Waals surface area contributed by atoms with Gasteiger partial charge in [-0.05, 0) is 35.4 Å². The molecule has 32 heavy (non-hydrogen) atoms. The van der Waals surface area contributed by atoms with Gasteiger partial charge in [-0.25, -0.2) is 0 Å². The van der Waals surface area contributed by atoms with Crippen LogP contribution >= 0.6 is 0 Å². The van der Waals surface area contributed by atoms with Gasteiger partial charge in [-0.15, -0.1) is 0 Å². The fourth-order valence-electron chi connectivity index (χ4n) is 3.13. The van der Waals surface area contributed by atoms with Gasteiger partial charge < -0.3 is 20.1 Å². The summed E-state index contributed by atoms with van der Waals surface area (Å²) in [6.07, 6.45) is 0. The van der Waals surface area contributed by atoms with E-state index in [1.54, 1.807) is 0 Å². The van der Waals surface area contributed by atoms with Gasteiger partial charge in [-0.1, -0.05) is 72.8 Å². The molecule has 4 aromatic rings. The second-order valence-corrected chi connectivity index (χ2v) is 7.23. The van der Waals surface area contributed by atoms with Crippen LogP contribution in [0.25, 0.3) is 0 Å². The predicted octanol–water partition coefficient (Wildman–Crippen LogP) is 6.30. The lowest BCUT2D eigenvalue weighted by Gasteiger charge is -2.13. The molecule has 0 fully saturated rings. The van der Waals surface area contributed by atoms with Gasteiger partial charge in [0.05, 0.1) is 0 Å². The van der Waals surface area contributed by atoms with E-state index < -0.39 is 0 Å². The molecular formula is C27H25N3O2. The van der Waals surface area contributed by atoms with Gasteiger partial charge in [0, 0.05) is 23.5 Å². The van der Waals surface area contributed by atoms with Crippen molar-refractivity contribution in [2.24, 2.45) is 0 Å². The zero-order chi connectivity index (χ0) is 22.0. The van der Waals surface area contributed by atoms with Crippen LogP contribution in [0.15, 0.2) is 109 Å². The highest BCUT2D eigenvalue weighted by Crippen LogP contribution is 2.21. The third kappa shape index (κ3) is 6.37. The summed E-state index contributed by atoms with van der Waals surface area (Å²) in [6.45, 7) is 0.992. The Morgan fingerprint density at radius 3 is 1.44 bits per heavy atom. The molecule has 160 valence electrons. The van der Waals surface area contributed by atoms with Gasteiger partial charge >= 0.3 is 0 Å². The largest absolute Gasteiger partial charge is 0.489 e. The number of anilines is 2. The molecule has 0 aliphatic carbocycles. The van der Waals surface area contributed by atoms with Crippen LogP contribution in [-0.2, 0) is 13.2 Å². The molecule has 0 atom stereocenters. The summed E-state index contributed by atoms with van der Waals surface area (Å²) in [5, 5.41) is 14.4. The molecule has 0 bridgehead atoms. The van der Waals surface area contributed by atoms with Crippen molar-refractivity contribution in [3.8, 4) is 11.5 Å². The number of ether oxygens (including phenoxy) is 2. The van der Waals surface area contributed by atoms with Crippen molar-refractivity contribution < 1.29 is 9.47 Å². The summed E-state index contributed by atoms with van der Waals surface area (Å²) in [6, 6.07) is 35.2. The van der Waals surface area contributed by atoms with Crippen LogP contribution in [0.5, 0.6) is 11.5 Å². The average molecular weight is 424 g/mol. The SMILES string of the molecule is N=C(Nc1cccc(OCc2ccccc2)c1)Nc1cccc(OCc2ccccc2)c1. The Morgan fingerprint density at radius 1 is 0.562 bits per heavy atom. The maximum atomic E-state index is 8.27. The maximum absolute atomic E-state index is 8.27. The van der Waals surface area contributed by atoms with Crippen LogP contribution in [0, 0.1) is 5.41 Å². The zero-order valence-corrected chi connectivity index (χ0v) is 17.6. The molecular weight excluding hydrogens is 398 g/mol. The van der Waals surface area contributed by atoms with Crippen molar-refractivity contribution in [2.45, 2.75) is 13.2 Å². The molecule has 0 radical (unpaired) electrons. The number of nitrogens with one attached hydrogen (secondary N) is 3. The Balaban J connectivity index is 1.30. The highest BCUT2D eigenvalue weighted by molar-refractivity contribution is 6.01. The minimum atomic E-state index is 0.158. The van der Waals surface area contributed by atoms with Crippen molar-refractivity contribution >= 4 is 17.3 Å². The van der Waals surface area contributed by atoms with Crippen molar-refractivity contribution in [3.63, 3.8) is 0 Å². The summed E-state index contributed by atoms with van der Waals surface area (Å²) >= 11 is 0. The normalized spacial score (nSPS) is 10.2. The molecule has 3 N–H and O–H groups in total. The minimum absolute atomic E-state index is 0.158. The molecule has 4 rings (SSSR count). The van der Waals surface area contributed by atoms with E-state index in [-0.39, 0.29) is 5.96 Å². The monoisotopic (exact) mass is 423 g/mol. The smallest absolute Gasteiger partial charge is 0.197 e. The van der Waals surface area contributed by atoms with E-state index in [2.05, 4.69) is 10.6 Å². The lowest BCUT2D eigenvalue weighted by atomic mass is 10.2. The zero-order valence-electron chi connectivity index (χ0n) is 17.6. The summed E-state index contributed by atoms with van der Waals surface area (Å²) in [5.41, 5.74) is 3.75. The standard InChI is InChI=1S/C27H25N3O2/c28-27(29-23-13-7-15-25(17-23)31-19-21-9-3-1-4-10-21)30-24-14-8-16-26(18-24)32-20-22-11-5-2-6-12-22/h1-18H,19-20H2,(H3,28,29,30). The second-order valence-electron chi connectivity index (χ2n) is 7.23. The molecule has 0 aliphatic rings. The van der Waals surface area contributed by atoms with Crippen LogP contribution in [0.1, 0.15) is 11.1 Å². The van der Waals surface area contributed by atoms with E-state index in [1.165, 1.54) is 0 Å². The van der Waals surface area contributed by atoms with Crippen LogP contribution in [0.2, 0.25) is 0 Å². The summed E-state index contributed by atoms with van der Waals surface area (Å²) in [4.78, 5) is 0. The van der Waals surface area contributed by atoms with E-state index in [1.807, 2.05) is 109 Å². The number of guanidine groups is 1. The molecule has 0 saturated carbocycles. The number of benzene rings is 4. The summed E-state index contributed by atoms with van der Waals surface area (Å²) < 4.78 is 11.7. The second kappa shape index (κ2) is 10.7. The molecule has 0 heterocycles. The van der Waals surface area contributed by atoms with Gasteiger partial charge in [0.1, 0.15) is 24.7 Å². The van der Waals surface area contributed by atoms with Crippen LogP contribution in [0.3, 0.4) is 0 Å². The van der Waals surface area contributed by atoms with Gasteiger partial charge in [0.15, 0.2) is 5.96 Å². The van der Waals surface area contributed by atoms with E-state index in [9.17, 15) is 0 Å². The molecule has 4 aromatic carbocycles. The van der Waals surface area contributed by atoms with Gasteiger partial charge in [0.2, 0.25) is 0 Å². The lowest BCUT2D eigenvalue weighted by molar-refractivity contribution is 0.306. The van der Waals surface area contributed by atoms with Crippen LogP contribution in [0.4, 0.5) is 11.4 Å². The Labute approximate surface area is 188 Å². The average Bonchev–Trinajstić information content (AvgIpc) is 2.83. The Morgan fingerprint density at radius 2 is 1.00 bits per heavy atom. The predicted molar refractivity (Wildman–Crippen MR) is 129 cm³/mol. The number of rotatable bonds is 8. The molecule has 0 saturated heterocycles. The van der Waals surface area contributed by atoms with Crippen molar-refractivity contribution in [2.75, 3.05) is 10.6 Å². The van der Waals surface area contributed by atoms with E-state index in [0.717, 1.165) is 34.0 Å². The molecule has 0 unspecified atom stereocenters. The maximum Gasteiger partial charge on any atom is 0.197 e. The Kier molecular flexibility index (Phi) is 7.01. The third-order valence-electron chi connectivity index (χ3n) is 4.70. The first-order valence-corrected chi connectivity index (χ1v) is 10.4. The highest BCUT2D eigenvalue weighted by atomic mass is 16.5. The molecule has 0 amide bonds. The number of hydrogen-bond acceptors (Lipinski definition) is 3. The van der Waals surface area contributed by atoms with Crippen LogP contribution in [-0.4, -0.2) is 5.96 Å². The first-order valence-electron chi connectivity index (χ1n) is 10.4. The van der Waals surface area contributed by atoms with E-state index in [4.69, 9.17) is 14.9 Å². The number of hydrogen-bond donors (Lipinski definition) is 3. The fraction of sp³-hybridized carbons (Fsp3) is 0.0741. The fourth-order valence-corrected chi connectivity index (χ4v) is 3.13. The van der Waals surface area contributed by atoms with Crippen molar-refractivity contribution in [1.82, 2.24) is 0 Å². The van der Waals surface area contributed by atoms with Gasteiger partial charge in [-0.2, -0.15) is 0 Å². The molecule has 0 spiro atoms. The molecule has 0 aromatic heterocycles. The highest BCUT2D eigenvalue weighted by Gasteiger charge is 2.03. The third-order valence-corrected chi connectivity index (χ3v) is 4.70. The van der Waals surface area contributed by atoms with Gasteiger partial charge in [-0.3, -0.25) is 5.41 Å². The first-order chi connectivity index (χ1) is 15.7. The van der Waals surface area contributed by atoms with E-state index in [0.29, 0.717) is 13.2 Å². The van der Waals surface area contributed by atoms with Crippen molar-refractivity contribution in [1.29, 1.82) is 5.41 Å². The molecule has 5 heteroatoms. The van der Waals surface area contributed by atoms with Crippen molar-refractivity contribution in [3.05, 3.63) is 120 Å². The van der Waals surface area contributed by atoms with Gasteiger partial charge in [0.25, 0.3) is 0 Å². The summed E-state index contributed by atoms with van der Waals surface area (Å²) in [5.74, 6) is 1.64. The Hall–Kier alpha value is -4.25.